The predicted molar refractivity (Wildman–Crippen MR) is 120 cm³/mol. The van der Waals surface area contributed by atoms with E-state index < -0.39 is 9.84 Å². The van der Waals surface area contributed by atoms with Crippen molar-refractivity contribution < 1.29 is 8.42 Å². The Morgan fingerprint density at radius 3 is 1.83 bits per heavy atom. The van der Waals surface area contributed by atoms with Crippen molar-refractivity contribution in [2.24, 2.45) is 0 Å². The van der Waals surface area contributed by atoms with Crippen LogP contribution in [0, 0.1) is 0 Å². The molecule has 0 aliphatic heterocycles. The van der Waals surface area contributed by atoms with Crippen molar-refractivity contribution in [1.29, 1.82) is 0 Å². The summed E-state index contributed by atoms with van der Waals surface area (Å²) >= 11 is 0. The van der Waals surface area contributed by atoms with Gasteiger partial charge in [0.05, 0.1) is 21.2 Å². The van der Waals surface area contributed by atoms with E-state index >= 15 is 0 Å². The van der Waals surface area contributed by atoms with E-state index in [1.807, 2.05) is 47.1 Å². The molecule has 1 aromatic heterocycles. The van der Waals surface area contributed by atoms with Crippen molar-refractivity contribution in [2.75, 3.05) is 0 Å². The zero-order chi connectivity index (χ0) is 21.4. The van der Waals surface area contributed by atoms with Crippen LogP contribution in [0.15, 0.2) is 101 Å². The standard InChI is InChI=1S/C25H24N2O2S/c1-25(2,3)23-18-27(20-10-6-4-7-11-20)26-24(23)19-14-16-22(17-15-19)30(28,29)21-12-8-5-9-13-21/h4-18H,1-3H3. The lowest BCUT2D eigenvalue weighted by Gasteiger charge is -2.18. The third-order valence-electron chi connectivity index (χ3n) is 5.03. The van der Waals surface area contributed by atoms with Crippen LogP contribution in [0.2, 0.25) is 0 Å². The van der Waals surface area contributed by atoms with Crippen molar-refractivity contribution in [3.05, 3.63) is 96.7 Å². The molecular weight excluding hydrogens is 392 g/mol. The zero-order valence-corrected chi connectivity index (χ0v) is 18.1. The fraction of sp³-hybridized carbons (Fsp3) is 0.160. The van der Waals surface area contributed by atoms with Gasteiger partial charge < -0.3 is 0 Å². The highest BCUT2D eigenvalue weighted by Gasteiger charge is 2.24. The number of sulfone groups is 1. The molecule has 0 aliphatic carbocycles. The van der Waals surface area contributed by atoms with Gasteiger partial charge >= 0.3 is 0 Å². The van der Waals surface area contributed by atoms with Crippen LogP contribution in [-0.4, -0.2) is 18.2 Å². The zero-order valence-electron chi connectivity index (χ0n) is 17.3. The first-order chi connectivity index (χ1) is 14.3. The molecule has 4 rings (SSSR count). The molecule has 0 fully saturated rings. The number of aromatic nitrogens is 2. The van der Waals surface area contributed by atoms with Gasteiger partial charge in [-0.3, -0.25) is 0 Å². The normalized spacial score (nSPS) is 12.1. The minimum atomic E-state index is -3.54. The maximum absolute atomic E-state index is 12.9. The highest BCUT2D eigenvalue weighted by atomic mass is 32.2. The van der Waals surface area contributed by atoms with E-state index in [1.165, 1.54) is 0 Å². The highest BCUT2D eigenvalue weighted by molar-refractivity contribution is 7.91. The Morgan fingerprint density at radius 1 is 0.733 bits per heavy atom. The average Bonchev–Trinajstić information content (AvgIpc) is 3.21. The van der Waals surface area contributed by atoms with Gasteiger partial charge in [-0.2, -0.15) is 5.10 Å². The van der Waals surface area contributed by atoms with Crippen molar-refractivity contribution in [2.45, 2.75) is 36.0 Å². The molecule has 0 unspecified atom stereocenters. The minimum Gasteiger partial charge on any atom is -0.240 e. The molecule has 0 radical (unpaired) electrons. The molecule has 0 amide bonds. The lowest BCUT2D eigenvalue weighted by atomic mass is 9.86. The molecular formula is C25H24N2O2S. The second-order valence-corrected chi connectivity index (χ2v) is 10.2. The first-order valence-electron chi connectivity index (χ1n) is 9.83. The lowest BCUT2D eigenvalue weighted by Crippen LogP contribution is -2.11. The van der Waals surface area contributed by atoms with Crippen molar-refractivity contribution >= 4 is 9.84 Å². The second-order valence-electron chi connectivity index (χ2n) is 8.26. The molecule has 0 N–H and O–H groups in total. The van der Waals surface area contributed by atoms with Crippen molar-refractivity contribution in [3.63, 3.8) is 0 Å². The number of nitrogens with zero attached hydrogens (tertiary/aromatic N) is 2. The molecule has 152 valence electrons. The van der Waals surface area contributed by atoms with Crippen LogP contribution in [0.5, 0.6) is 0 Å². The van der Waals surface area contributed by atoms with Gasteiger partial charge in [-0.1, -0.05) is 69.3 Å². The van der Waals surface area contributed by atoms with Gasteiger partial charge in [0.2, 0.25) is 9.84 Å². The van der Waals surface area contributed by atoms with Crippen LogP contribution in [0.1, 0.15) is 26.3 Å². The summed E-state index contributed by atoms with van der Waals surface area (Å²) in [7, 11) is -3.54. The topological polar surface area (TPSA) is 52.0 Å². The quantitative estimate of drug-likeness (QED) is 0.431. The van der Waals surface area contributed by atoms with Crippen LogP contribution >= 0.6 is 0 Å². The lowest BCUT2D eigenvalue weighted by molar-refractivity contribution is 0.591. The largest absolute Gasteiger partial charge is 0.240 e. The summed E-state index contributed by atoms with van der Waals surface area (Å²) in [5.74, 6) is 0. The molecule has 0 atom stereocenters. The van der Waals surface area contributed by atoms with Crippen LogP contribution in [0.3, 0.4) is 0 Å². The monoisotopic (exact) mass is 416 g/mol. The molecule has 0 aliphatic rings. The van der Waals surface area contributed by atoms with Gasteiger partial charge in [-0.05, 0) is 41.8 Å². The molecule has 0 saturated carbocycles. The molecule has 1 heterocycles. The molecule has 4 nitrogen and oxygen atoms in total. The van der Waals surface area contributed by atoms with E-state index in [1.54, 1.807) is 42.5 Å². The summed E-state index contributed by atoms with van der Waals surface area (Å²) in [6.07, 6.45) is 2.05. The van der Waals surface area contributed by atoms with E-state index in [0.29, 0.717) is 4.90 Å². The number of hydrogen-bond acceptors (Lipinski definition) is 3. The smallest absolute Gasteiger partial charge is 0.206 e. The number of para-hydroxylation sites is 1. The van der Waals surface area contributed by atoms with E-state index in [9.17, 15) is 8.42 Å². The van der Waals surface area contributed by atoms with Crippen LogP contribution < -0.4 is 0 Å². The Balaban J connectivity index is 1.77. The van der Waals surface area contributed by atoms with Crippen LogP contribution in [0.4, 0.5) is 0 Å². The van der Waals surface area contributed by atoms with Crippen molar-refractivity contribution in [1.82, 2.24) is 9.78 Å². The molecule has 4 aromatic rings. The van der Waals surface area contributed by atoms with Crippen LogP contribution in [0.25, 0.3) is 16.9 Å². The number of hydrogen-bond donors (Lipinski definition) is 0. The van der Waals surface area contributed by atoms with E-state index in [2.05, 4.69) is 27.0 Å². The Hall–Kier alpha value is -3.18. The summed E-state index contributed by atoms with van der Waals surface area (Å²) in [5.41, 5.74) is 3.72. The van der Waals surface area contributed by atoms with Gasteiger partial charge in [-0.25, -0.2) is 13.1 Å². The summed E-state index contributed by atoms with van der Waals surface area (Å²) < 4.78 is 27.6. The molecule has 3 aromatic carbocycles. The van der Waals surface area contributed by atoms with Crippen LogP contribution in [-0.2, 0) is 15.3 Å². The number of rotatable bonds is 4. The van der Waals surface area contributed by atoms with Gasteiger partial charge in [0.15, 0.2) is 0 Å². The fourth-order valence-electron chi connectivity index (χ4n) is 3.38. The predicted octanol–water partition coefficient (Wildman–Crippen LogP) is 5.67. The Bertz CT molecular complexity index is 1250. The minimum absolute atomic E-state index is 0.114. The Kier molecular flexibility index (Phi) is 5.08. The van der Waals surface area contributed by atoms with E-state index in [4.69, 9.17) is 5.10 Å². The SMILES string of the molecule is CC(C)(C)c1cn(-c2ccccc2)nc1-c1ccc(S(=O)(=O)c2ccccc2)cc1. The summed E-state index contributed by atoms with van der Waals surface area (Å²) in [4.78, 5) is 0.568. The average molecular weight is 417 g/mol. The summed E-state index contributed by atoms with van der Waals surface area (Å²) in [6.45, 7) is 6.45. The molecule has 5 heteroatoms. The van der Waals surface area contributed by atoms with Gasteiger partial charge in [0.1, 0.15) is 0 Å². The first kappa shape index (κ1) is 20.1. The molecule has 0 bridgehead atoms. The third kappa shape index (κ3) is 3.81. The summed E-state index contributed by atoms with van der Waals surface area (Å²) in [5, 5.41) is 4.83. The third-order valence-corrected chi connectivity index (χ3v) is 6.82. The van der Waals surface area contributed by atoms with E-state index in [-0.39, 0.29) is 10.3 Å². The highest BCUT2D eigenvalue weighted by Crippen LogP contribution is 2.33. The second kappa shape index (κ2) is 7.58. The molecule has 0 saturated heterocycles. The van der Waals surface area contributed by atoms with Gasteiger partial charge in [-0.15, -0.1) is 0 Å². The van der Waals surface area contributed by atoms with Gasteiger partial charge in [0, 0.05) is 17.3 Å². The maximum atomic E-state index is 12.9. The van der Waals surface area contributed by atoms with Crippen molar-refractivity contribution in [3.8, 4) is 16.9 Å². The molecule has 0 spiro atoms. The Labute approximate surface area is 177 Å². The first-order valence-corrected chi connectivity index (χ1v) is 11.3. The fourth-order valence-corrected chi connectivity index (χ4v) is 4.66. The Morgan fingerprint density at radius 2 is 1.27 bits per heavy atom. The molecule has 30 heavy (non-hydrogen) atoms. The van der Waals surface area contributed by atoms with Gasteiger partial charge in [0.25, 0.3) is 0 Å². The summed E-state index contributed by atoms with van der Waals surface area (Å²) in [6, 6.07) is 25.4. The number of benzene rings is 3. The van der Waals surface area contributed by atoms with E-state index in [0.717, 1.165) is 22.5 Å². The maximum Gasteiger partial charge on any atom is 0.206 e.